The van der Waals surface area contributed by atoms with Crippen LogP contribution < -0.4 is 0 Å². The maximum absolute atomic E-state index is 12.2. The molecule has 0 spiro atoms. The molecule has 1 atom stereocenters. The molecule has 1 aliphatic carbocycles. The first-order valence-electron chi connectivity index (χ1n) is 5.73. The summed E-state index contributed by atoms with van der Waals surface area (Å²) in [7, 11) is 0. The topological polar surface area (TPSA) is 34.9 Å². The van der Waals surface area contributed by atoms with Gasteiger partial charge in [0.2, 0.25) is 0 Å². The molecule has 1 saturated carbocycles. The van der Waals surface area contributed by atoms with Crippen LogP contribution in [0.3, 0.4) is 0 Å². The molecule has 0 radical (unpaired) electrons. The number of nitrogens with zero attached hydrogens (tertiary/aromatic N) is 2. The summed E-state index contributed by atoms with van der Waals surface area (Å²) in [4.78, 5) is 13.0. The third-order valence-electron chi connectivity index (χ3n) is 3.58. The van der Waals surface area contributed by atoms with Crippen molar-refractivity contribution in [2.24, 2.45) is 11.3 Å². The molecule has 0 aliphatic heterocycles. The summed E-state index contributed by atoms with van der Waals surface area (Å²) in [5.74, 6) is 0.499. The molecular formula is C12H18N2OS. The molecule has 0 bridgehead atoms. The average Bonchev–Trinajstić information content (AvgIpc) is 2.72. The molecule has 88 valence electrons. The molecule has 0 aromatic carbocycles. The number of rotatable bonds is 3. The van der Waals surface area contributed by atoms with Gasteiger partial charge in [-0.1, -0.05) is 20.3 Å². The number of carbonyl (C=O) groups excluding carboxylic acids is 1. The molecule has 16 heavy (non-hydrogen) atoms. The molecule has 0 amide bonds. The number of Topliss-reactive ketones (excluding diaryl/α,β-unsaturated/α-hetero) is 1. The number of aromatic nitrogens is 2. The van der Waals surface area contributed by atoms with E-state index in [0.29, 0.717) is 12.3 Å². The van der Waals surface area contributed by atoms with Crippen molar-refractivity contribution in [2.75, 3.05) is 0 Å². The van der Waals surface area contributed by atoms with Crippen LogP contribution in [-0.4, -0.2) is 15.6 Å². The fourth-order valence-electron chi connectivity index (χ4n) is 2.63. The fourth-order valence-corrected chi connectivity index (χ4v) is 2.82. The molecule has 1 unspecified atom stereocenters. The zero-order chi connectivity index (χ0) is 11.8. The third kappa shape index (κ3) is 2.32. The van der Waals surface area contributed by atoms with E-state index in [1.807, 2.05) is 0 Å². The van der Waals surface area contributed by atoms with Crippen molar-refractivity contribution in [3.05, 3.63) is 12.4 Å². The van der Waals surface area contributed by atoms with Crippen LogP contribution >= 0.6 is 12.6 Å². The Balaban J connectivity index is 2.03. The first kappa shape index (κ1) is 11.7. The maximum atomic E-state index is 12.2. The van der Waals surface area contributed by atoms with E-state index in [4.69, 9.17) is 0 Å². The number of carbonyl (C=O) groups is 1. The highest BCUT2D eigenvalue weighted by atomic mass is 32.1. The van der Waals surface area contributed by atoms with Crippen LogP contribution in [0.4, 0.5) is 0 Å². The normalized spacial score (nSPS) is 23.6. The molecule has 1 aromatic rings. The zero-order valence-electron chi connectivity index (χ0n) is 9.81. The second-order valence-electron chi connectivity index (χ2n) is 5.30. The van der Waals surface area contributed by atoms with Crippen molar-refractivity contribution in [3.8, 4) is 0 Å². The summed E-state index contributed by atoms with van der Waals surface area (Å²) in [5, 5.41) is 4.09. The lowest BCUT2D eigenvalue weighted by molar-refractivity contribution is -0.126. The van der Waals surface area contributed by atoms with Crippen molar-refractivity contribution in [2.45, 2.75) is 44.6 Å². The van der Waals surface area contributed by atoms with Crippen molar-refractivity contribution < 1.29 is 4.79 Å². The van der Waals surface area contributed by atoms with Gasteiger partial charge < -0.3 is 0 Å². The molecular weight excluding hydrogens is 220 g/mol. The molecule has 3 nitrogen and oxygen atoms in total. The van der Waals surface area contributed by atoms with E-state index in [1.54, 1.807) is 17.1 Å². The number of thiol groups is 1. The van der Waals surface area contributed by atoms with Crippen molar-refractivity contribution >= 4 is 18.4 Å². The fraction of sp³-hybridized carbons (Fsp3) is 0.667. The summed E-state index contributed by atoms with van der Waals surface area (Å²) in [6, 6.07) is 0. The van der Waals surface area contributed by atoms with Gasteiger partial charge in [0.1, 0.15) is 0 Å². The lowest BCUT2D eigenvalue weighted by Crippen LogP contribution is -2.28. The van der Waals surface area contributed by atoms with Crippen molar-refractivity contribution in [3.63, 3.8) is 0 Å². The average molecular weight is 238 g/mol. The highest BCUT2D eigenvalue weighted by Gasteiger charge is 2.38. The maximum Gasteiger partial charge on any atom is 0.157 e. The van der Waals surface area contributed by atoms with Crippen LogP contribution in [0.1, 0.15) is 33.1 Å². The van der Waals surface area contributed by atoms with Gasteiger partial charge in [0.15, 0.2) is 5.78 Å². The first-order valence-corrected chi connectivity index (χ1v) is 6.18. The van der Waals surface area contributed by atoms with Gasteiger partial charge in [-0.05, 0) is 18.3 Å². The van der Waals surface area contributed by atoms with Crippen molar-refractivity contribution in [1.82, 2.24) is 9.78 Å². The van der Waals surface area contributed by atoms with Crippen LogP contribution in [0.5, 0.6) is 0 Å². The van der Waals surface area contributed by atoms with E-state index in [9.17, 15) is 4.79 Å². The van der Waals surface area contributed by atoms with Gasteiger partial charge in [-0.2, -0.15) is 5.10 Å². The smallest absolute Gasteiger partial charge is 0.157 e. The Morgan fingerprint density at radius 3 is 2.94 bits per heavy atom. The van der Waals surface area contributed by atoms with Crippen LogP contribution in [0, 0.1) is 11.3 Å². The van der Waals surface area contributed by atoms with Gasteiger partial charge in [0.05, 0.1) is 12.7 Å². The molecule has 0 saturated heterocycles. The second-order valence-corrected chi connectivity index (χ2v) is 5.81. The second kappa shape index (κ2) is 4.24. The third-order valence-corrected chi connectivity index (χ3v) is 3.81. The van der Waals surface area contributed by atoms with Gasteiger partial charge in [-0.15, -0.1) is 12.6 Å². The van der Waals surface area contributed by atoms with E-state index in [-0.39, 0.29) is 11.3 Å². The van der Waals surface area contributed by atoms with Crippen LogP contribution in [0.25, 0.3) is 0 Å². The lowest BCUT2D eigenvalue weighted by atomic mass is 9.79. The SMILES string of the molecule is CC1(C)CCCC1C(=O)Cn1cc(S)cn1. The predicted molar refractivity (Wildman–Crippen MR) is 65.6 cm³/mol. The van der Waals surface area contributed by atoms with E-state index in [0.717, 1.165) is 17.7 Å². The summed E-state index contributed by atoms with van der Waals surface area (Å²) >= 11 is 4.18. The van der Waals surface area contributed by atoms with E-state index in [2.05, 4.69) is 31.6 Å². The zero-order valence-corrected chi connectivity index (χ0v) is 10.7. The molecule has 0 N–H and O–H groups in total. The number of hydrogen-bond acceptors (Lipinski definition) is 3. The van der Waals surface area contributed by atoms with Crippen LogP contribution in [-0.2, 0) is 11.3 Å². The molecule has 4 heteroatoms. The molecule has 1 heterocycles. The van der Waals surface area contributed by atoms with Gasteiger partial charge in [-0.25, -0.2) is 0 Å². The Morgan fingerprint density at radius 2 is 2.44 bits per heavy atom. The Bertz CT molecular complexity index is 397. The highest BCUT2D eigenvalue weighted by Crippen LogP contribution is 2.43. The standard InChI is InChI=1S/C12H18N2OS/c1-12(2)5-3-4-10(12)11(15)8-14-7-9(16)6-13-14/h6-7,10,16H,3-5,8H2,1-2H3. The summed E-state index contributed by atoms with van der Waals surface area (Å²) in [6.45, 7) is 4.76. The summed E-state index contributed by atoms with van der Waals surface area (Å²) in [5.41, 5.74) is 0.161. The van der Waals surface area contributed by atoms with Gasteiger partial charge in [0.25, 0.3) is 0 Å². The molecule has 1 fully saturated rings. The Labute approximate surface area is 102 Å². The first-order chi connectivity index (χ1) is 7.49. The van der Waals surface area contributed by atoms with E-state index >= 15 is 0 Å². The highest BCUT2D eigenvalue weighted by molar-refractivity contribution is 7.80. The minimum atomic E-state index is 0.161. The lowest BCUT2D eigenvalue weighted by Gasteiger charge is -2.25. The largest absolute Gasteiger partial charge is 0.297 e. The van der Waals surface area contributed by atoms with E-state index in [1.165, 1.54) is 6.42 Å². The Morgan fingerprint density at radius 1 is 1.69 bits per heavy atom. The summed E-state index contributed by atoms with van der Waals surface area (Å²) in [6.07, 6.45) is 6.81. The minimum Gasteiger partial charge on any atom is -0.297 e. The predicted octanol–water partition coefficient (Wildman–Crippen LogP) is 2.57. The summed E-state index contributed by atoms with van der Waals surface area (Å²) < 4.78 is 1.68. The Kier molecular flexibility index (Phi) is 3.10. The van der Waals surface area contributed by atoms with Crippen LogP contribution in [0.2, 0.25) is 0 Å². The molecule has 2 rings (SSSR count). The number of hydrogen-bond donors (Lipinski definition) is 1. The van der Waals surface area contributed by atoms with E-state index < -0.39 is 0 Å². The molecule has 1 aliphatic rings. The van der Waals surface area contributed by atoms with Gasteiger partial charge >= 0.3 is 0 Å². The van der Waals surface area contributed by atoms with Gasteiger partial charge in [0, 0.05) is 17.0 Å². The molecule has 1 aromatic heterocycles. The monoisotopic (exact) mass is 238 g/mol. The number of ketones is 1. The minimum absolute atomic E-state index is 0.161. The van der Waals surface area contributed by atoms with Gasteiger partial charge in [-0.3, -0.25) is 9.48 Å². The Hall–Kier alpha value is -0.770. The quantitative estimate of drug-likeness (QED) is 0.821. The van der Waals surface area contributed by atoms with Crippen molar-refractivity contribution in [1.29, 1.82) is 0 Å². The van der Waals surface area contributed by atoms with Crippen LogP contribution in [0.15, 0.2) is 17.3 Å².